The van der Waals surface area contributed by atoms with E-state index in [0.717, 1.165) is 25.7 Å². The van der Waals surface area contributed by atoms with Gasteiger partial charge >= 0.3 is 0 Å². The summed E-state index contributed by atoms with van der Waals surface area (Å²) in [7, 11) is 1.98. The highest BCUT2D eigenvalue weighted by molar-refractivity contribution is 5.15. The third-order valence-corrected chi connectivity index (χ3v) is 3.69. The Kier molecular flexibility index (Phi) is 4.18. The van der Waals surface area contributed by atoms with Crippen LogP contribution >= 0.6 is 0 Å². The number of nitrogens with one attached hydrogen (secondary N) is 1. The molecule has 1 fully saturated rings. The number of nitrogens with zero attached hydrogens (tertiary/aromatic N) is 2. The van der Waals surface area contributed by atoms with E-state index in [0.29, 0.717) is 6.04 Å². The molecule has 0 bridgehead atoms. The molecule has 1 saturated heterocycles. The Hall–Kier alpha value is -0.870. The molecule has 2 unspecified atom stereocenters. The summed E-state index contributed by atoms with van der Waals surface area (Å²) in [4.78, 5) is 0. The highest BCUT2D eigenvalue weighted by Gasteiger charge is 2.18. The van der Waals surface area contributed by atoms with Crippen LogP contribution in [-0.2, 0) is 18.3 Å². The predicted octanol–water partition coefficient (Wildman–Crippen LogP) is 1.63. The second-order valence-electron chi connectivity index (χ2n) is 5.13. The zero-order chi connectivity index (χ0) is 12.3. The minimum absolute atomic E-state index is 0.543. The van der Waals surface area contributed by atoms with Crippen molar-refractivity contribution in [1.29, 1.82) is 0 Å². The first-order valence-electron chi connectivity index (χ1n) is 6.45. The molecule has 0 saturated carbocycles. The van der Waals surface area contributed by atoms with E-state index in [1.165, 1.54) is 24.1 Å². The standard InChI is InChI=1S/C13H23N3O/c1-10(6-12-4-5-17-9-12)14-7-13-8-15-16(3)11(13)2/h8,10,12,14H,4-7,9H2,1-3H3. The molecule has 4 heteroatoms. The SMILES string of the molecule is Cc1c(CNC(C)CC2CCOC2)cnn1C. The summed E-state index contributed by atoms with van der Waals surface area (Å²) in [6, 6.07) is 0.543. The van der Waals surface area contributed by atoms with Gasteiger partial charge in [0.25, 0.3) is 0 Å². The Balaban J connectivity index is 1.75. The molecule has 0 radical (unpaired) electrons. The van der Waals surface area contributed by atoms with Gasteiger partial charge in [0.1, 0.15) is 0 Å². The molecular weight excluding hydrogens is 214 g/mol. The van der Waals surface area contributed by atoms with Gasteiger partial charge in [0.15, 0.2) is 0 Å². The number of aromatic nitrogens is 2. The summed E-state index contributed by atoms with van der Waals surface area (Å²) >= 11 is 0. The van der Waals surface area contributed by atoms with Gasteiger partial charge in [-0.1, -0.05) is 0 Å². The van der Waals surface area contributed by atoms with Gasteiger partial charge in [0.2, 0.25) is 0 Å². The Bertz CT molecular complexity index is 356. The second-order valence-corrected chi connectivity index (χ2v) is 5.13. The lowest BCUT2D eigenvalue weighted by Gasteiger charge is -2.16. The van der Waals surface area contributed by atoms with E-state index >= 15 is 0 Å². The van der Waals surface area contributed by atoms with Crippen molar-refractivity contribution in [3.63, 3.8) is 0 Å². The molecule has 0 amide bonds. The summed E-state index contributed by atoms with van der Waals surface area (Å²) in [5.74, 6) is 0.743. The fourth-order valence-electron chi connectivity index (χ4n) is 2.35. The van der Waals surface area contributed by atoms with E-state index < -0.39 is 0 Å². The molecule has 0 aromatic carbocycles. The maximum absolute atomic E-state index is 5.40. The molecule has 1 aromatic heterocycles. The van der Waals surface area contributed by atoms with Crippen LogP contribution < -0.4 is 5.32 Å². The van der Waals surface area contributed by atoms with Crippen molar-refractivity contribution < 1.29 is 4.74 Å². The Morgan fingerprint density at radius 3 is 3.06 bits per heavy atom. The average Bonchev–Trinajstić information content (AvgIpc) is 2.90. The first-order chi connectivity index (χ1) is 8.16. The minimum Gasteiger partial charge on any atom is -0.381 e. The maximum Gasteiger partial charge on any atom is 0.0537 e. The largest absolute Gasteiger partial charge is 0.381 e. The molecule has 4 nitrogen and oxygen atoms in total. The summed E-state index contributed by atoms with van der Waals surface area (Å²) in [6.07, 6.45) is 4.38. The van der Waals surface area contributed by atoms with Crippen LogP contribution in [0.4, 0.5) is 0 Å². The van der Waals surface area contributed by atoms with Gasteiger partial charge in [-0.05, 0) is 32.6 Å². The number of hydrogen-bond donors (Lipinski definition) is 1. The first kappa shape index (κ1) is 12.6. The monoisotopic (exact) mass is 237 g/mol. The van der Waals surface area contributed by atoms with Crippen molar-refractivity contribution in [1.82, 2.24) is 15.1 Å². The zero-order valence-corrected chi connectivity index (χ0v) is 11.1. The quantitative estimate of drug-likeness (QED) is 0.846. The fourth-order valence-corrected chi connectivity index (χ4v) is 2.35. The third kappa shape index (κ3) is 3.30. The molecule has 1 aliphatic heterocycles. The van der Waals surface area contributed by atoms with Crippen LogP contribution in [0.3, 0.4) is 0 Å². The van der Waals surface area contributed by atoms with E-state index in [-0.39, 0.29) is 0 Å². The maximum atomic E-state index is 5.40. The van der Waals surface area contributed by atoms with Crippen LogP contribution in [0, 0.1) is 12.8 Å². The topological polar surface area (TPSA) is 39.1 Å². The van der Waals surface area contributed by atoms with E-state index in [9.17, 15) is 0 Å². The van der Waals surface area contributed by atoms with Gasteiger partial charge in [-0.15, -0.1) is 0 Å². The molecule has 2 heterocycles. The molecule has 1 aromatic rings. The first-order valence-corrected chi connectivity index (χ1v) is 6.45. The van der Waals surface area contributed by atoms with Crippen molar-refractivity contribution in [2.75, 3.05) is 13.2 Å². The van der Waals surface area contributed by atoms with E-state index in [2.05, 4.69) is 24.3 Å². The van der Waals surface area contributed by atoms with Gasteiger partial charge in [-0.2, -0.15) is 5.10 Å². The third-order valence-electron chi connectivity index (χ3n) is 3.69. The van der Waals surface area contributed by atoms with E-state index in [4.69, 9.17) is 4.74 Å². The van der Waals surface area contributed by atoms with Crippen molar-refractivity contribution >= 4 is 0 Å². The van der Waals surface area contributed by atoms with Crippen LogP contribution in [0.5, 0.6) is 0 Å². The van der Waals surface area contributed by atoms with Crippen molar-refractivity contribution in [3.8, 4) is 0 Å². The van der Waals surface area contributed by atoms with Crippen LogP contribution in [0.1, 0.15) is 31.0 Å². The normalized spacial score (nSPS) is 21.9. The van der Waals surface area contributed by atoms with Gasteiger partial charge < -0.3 is 10.1 Å². The highest BCUT2D eigenvalue weighted by atomic mass is 16.5. The molecule has 0 spiro atoms. The predicted molar refractivity (Wildman–Crippen MR) is 67.8 cm³/mol. The zero-order valence-electron chi connectivity index (χ0n) is 11.1. The van der Waals surface area contributed by atoms with Gasteiger partial charge in [-0.3, -0.25) is 4.68 Å². The number of aryl methyl sites for hydroxylation is 1. The molecule has 96 valence electrons. The number of hydrogen-bond acceptors (Lipinski definition) is 3. The van der Waals surface area contributed by atoms with Crippen LogP contribution in [0.2, 0.25) is 0 Å². The van der Waals surface area contributed by atoms with Gasteiger partial charge in [0, 0.05) is 44.1 Å². The van der Waals surface area contributed by atoms with Crippen molar-refractivity contribution in [2.24, 2.45) is 13.0 Å². The Morgan fingerprint density at radius 1 is 1.65 bits per heavy atom. The summed E-state index contributed by atoms with van der Waals surface area (Å²) in [5, 5.41) is 7.83. The lowest BCUT2D eigenvalue weighted by molar-refractivity contribution is 0.182. The highest BCUT2D eigenvalue weighted by Crippen LogP contribution is 2.18. The minimum atomic E-state index is 0.543. The average molecular weight is 237 g/mol. The molecule has 1 aliphatic rings. The smallest absolute Gasteiger partial charge is 0.0537 e. The Morgan fingerprint density at radius 2 is 2.47 bits per heavy atom. The summed E-state index contributed by atoms with van der Waals surface area (Å²) in [6.45, 7) is 7.16. The Labute approximate surface area is 103 Å². The van der Waals surface area contributed by atoms with Crippen molar-refractivity contribution in [3.05, 3.63) is 17.5 Å². The molecule has 2 atom stereocenters. The number of rotatable bonds is 5. The fraction of sp³-hybridized carbons (Fsp3) is 0.769. The lowest BCUT2D eigenvalue weighted by atomic mass is 10.00. The molecule has 1 N–H and O–H groups in total. The van der Waals surface area contributed by atoms with E-state index in [1.807, 2.05) is 17.9 Å². The number of ether oxygens (including phenoxy) is 1. The second kappa shape index (κ2) is 5.65. The molecule has 2 rings (SSSR count). The van der Waals surface area contributed by atoms with Crippen LogP contribution in [0.15, 0.2) is 6.20 Å². The molecular formula is C13H23N3O. The summed E-state index contributed by atoms with van der Waals surface area (Å²) in [5.41, 5.74) is 2.54. The van der Waals surface area contributed by atoms with E-state index in [1.54, 1.807) is 0 Å². The molecule has 17 heavy (non-hydrogen) atoms. The van der Waals surface area contributed by atoms with Gasteiger partial charge in [-0.25, -0.2) is 0 Å². The van der Waals surface area contributed by atoms with Crippen LogP contribution in [-0.4, -0.2) is 29.0 Å². The van der Waals surface area contributed by atoms with Crippen molar-refractivity contribution in [2.45, 2.75) is 39.3 Å². The van der Waals surface area contributed by atoms with Crippen LogP contribution in [0.25, 0.3) is 0 Å². The van der Waals surface area contributed by atoms with Gasteiger partial charge in [0.05, 0.1) is 6.20 Å². The summed E-state index contributed by atoms with van der Waals surface area (Å²) < 4.78 is 7.33. The lowest BCUT2D eigenvalue weighted by Crippen LogP contribution is -2.28. The molecule has 0 aliphatic carbocycles.